The fourth-order valence-corrected chi connectivity index (χ4v) is 4.22. The van der Waals surface area contributed by atoms with Crippen molar-refractivity contribution in [1.82, 2.24) is 4.90 Å². The zero-order valence-electron chi connectivity index (χ0n) is 15.2. The lowest BCUT2D eigenvalue weighted by atomic mass is 9.99. The molecule has 0 unspecified atom stereocenters. The number of likely N-dealkylation sites (N-methyl/N-ethyl adjacent to an activating group) is 1. The molecule has 0 radical (unpaired) electrons. The first-order chi connectivity index (χ1) is 12.4. The van der Waals surface area contributed by atoms with Crippen molar-refractivity contribution in [1.29, 1.82) is 0 Å². The molecule has 0 bridgehead atoms. The summed E-state index contributed by atoms with van der Waals surface area (Å²) < 4.78 is 27.7. The minimum atomic E-state index is -4.46. The molecule has 0 amide bonds. The molecule has 0 aliphatic rings. The van der Waals surface area contributed by atoms with Gasteiger partial charge in [0.05, 0.1) is 37.7 Å². The van der Waals surface area contributed by atoms with E-state index < -0.39 is 33.1 Å². The van der Waals surface area contributed by atoms with Crippen molar-refractivity contribution < 1.29 is 43.7 Å². The van der Waals surface area contributed by atoms with E-state index in [0.29, 0.717) is 5.56 Å². The highest BCUT2D eigenvalue weighted by Gasteiger charge is 2.34. The van der Waals surface area contributed by atoms with E-state index in [-0.39, 0.29) is 37.5 Å². The van der Waals surface area contributed by atoms with E-state index in [2.05, 4.69) is 0 Å². The first-order valence-electron chi connectivity index (χ1n) is 7.97. The van der Waals surface area contributed by atoms with Crippen LogP contribution in [0.1, 0.15) is 16.7 Å². The van der Waals surface area contributed by atoms with Crippen LogP contribution in [0.15, 0.2) is 18.2 Å². The van der Waals surface area contributed by atoms with Crippen LogP contribution in [0.3, 0.4) is 0 Å². The smallest absolute Gasteiger partial charge is 0.329 e. The monoisotopic (exact) mass is 427 g/mol. The Morgan fingerprint density at radius 2 is 1.52 bits per heavy atom. The van der Waals surface area contributed by atoms with Gasteiger partial charge in [0.1, 0.15) is 0 Å². The Labute approximate surface area is 157 Å². The predicted molar refractivity (Wildman–Crippen MR) is 98.2 cm³/mol. The summed E-state index contributed by atoms with van der Waals surface area (Å²) in [4.78, 5) is 38.5. The second-order valence-electron chi connectivity index (χ2n) is 6.58. The molecule has 6 N–H and O–H groups in total. The molecule has 0 saturated carbocycles. The van der Waals surface area contributed by atoms with Crippen molar-refractivity contribution in [2.45, 2.75) is 24.4 Å². The Morgan fingerprint density at radius 3 is 1.96 bits per heavy atom. The van der Waals surface area contributed by atoms with Crippen LogP contribution in [0.25, 0.3) is 0 Å². The number of hydrogen-bond acceptors (Lipinski definition) is 6. The van der Waals surface area contributed by atoms with Gasteiger partial charge in [-0.25, -0.2) is 0 Å². The molecule has 1 rings (SSSR count). The number of methoxy groups -OCH3 is 1. The van der Waals surface area contributed by atoms with Crippen LogP contribution in [0.5, 0.6) is 0 Å². The lowest BCUT2D eigenvalue weighted by Crippen LogP contribution is -2.55. The van der Waals surface area contributed by atoms with Gasteiger partial charge in [0, 0.05) is 13.7 Å². The second kappa shape index (κ2) is 9.71. The van der Waals surface area contributed by atoms with E-state index in [9.17, 15) is 38.9 Å². The normalized spacial score (nSPS) is 13.4. The molecule has 0 aliphatic heterocycles. The standard InChI is InChI=1S/C15H27NO9P2/c1-16(15(9-17,10-18)11-25-2)6-12-3-4-13(7-26(19,20)21)14(5-12)8-27(22,23)24/h3-5,17-18H,6-11H2,1-2H3,(H2,19,20,21)(H2,22,23,24). The molecule has 156 valence electrons. The number of rotatable bonds is 11. The Bertz CT molecular complexity index is 711. The lowest BCUT2D eigenvalue weighted by molar-refractivity contribution is -0.0504. The van der Waals surface area contributed by atoms with Gasteiger partial charge in [0.15, 0.2) is 0 Å². The fourth-order valence-electron chi connectivity index (χ4n) is 2.73. The summed E-state index contributed by atoms with van der Waals surface area (Å²) in [6.07, 6.45) is -1.28. The Hall–Kier alpha value is -0.640. The second-order valence-corrected chi connectivity index (χ2v) is 9.87. The number of aliphatic hydroxyl groups excluding tert-OH is 2. The van der Waals surface area contributed by atoms with Crippen molar-refractivity contribution in [3.05, 3.63) is 34.9 Å². The van der Waals surface area contributed by atoms with Crippen LogP contribution < -0.4 is 0 Å². The third-order valence-electron chi connectivity index (χ3n) is 4.25. The van der Waals surface area contributed by atoms with Crippen LogP contribution in [-0.4, -0.2) is 74.2 Å². The summed E-state index contributed by atoms with van der Waals surface area (Å²) in [5.41, 5.74) is -0.158. The molecule has 12 heteroatoms. The van der Waals surface area contributed by atoms with E-state index in [1.54, 1.807) is 18.0 Å². The molecule has 0 heterocycles. The summed E-state index contributed by atoms with van der Waals surface area (Å²) in [5.74, 6) is 0. The first kappa shape index (κ1) is 24.4. The van der Waals surface area contributed by atoms with E-state index in [0.717, 1.165) is 0 Å². The van der Waals surface area contributed by atoms with Gasteiger partial charge in [0.25, 0.3) is 0 Å². The number of nitrogens with zero attached hydrogens (tertiary/aromatic N) is 1. The topological polar surface area (TPSA) is 168 Å². The highest BCUT2D eigenvalue weighted by Crippen LogP contribution is 2.44. The SMILES string of the molecule is COCC(CO)(CO)N(C)Cc1ccc(CP(=O)(O)O)c(CP(=O)(O)O)c1. The largest absolute Gasteiger partial charge is 0.394 e. The molecular weight excluding hydrogens is 400 g/mol. The maximum Gasteiger partial charge on any atom is 0.329 e. The van der Waals surface area contributed by atoms with E-state index >= 15 is 0 Å². The van der Waals surface area contributed by atoms with Gasteiger partial charge in [-0.1, -0.05) is 18.2 Å². The van der Waals surface area contributed by atoms with Crippen molar-refractivity contribution >= 4 is 15.2 Å². The van der Waals surface area contributed by atoms with Crippen LogP contribution in [0.2, 0.25) is 0 Å². The molecule has 0 fully saturated rings. The Kier molecular flexibility index (Phi) is 8.78. The molecule has 0 saturated heterocycles. The molecule has 0 atom stereocenters. The Morgan fingerprint density at radius 1 is 1.00 bits per heavy atom. The molecule has 10 nitrogen and oxygen atoms in total. The lowest BCUT2D eigenvalue weighted by Gasteiger charge is -2.38. The third kappa shape index (κ3) is 7.71. The van der Waals surface area contributed by atoms with Crippen molar-refractivity contribution in [3.8, 4) is 0 Å². The quantitative estimate of drug-likeness (QED) is 0.261. The number of hydrogen-bond donors (Lipinski definition) is 6. The van der Waals surface area contributed by atoms with E-state index in [1.807, 2.05) is 0 Å². The van der Waals surface area contributed by atoms with E-state index in [1.165, 1.54) is 19.2 Å². The molecule has 1 aromatic carbocycles. The predicted octanol–water partition coefficient (Wildman–Crippen LogP) is -0.156. The zero-order valence-corrected chi connectivity index (χ0v) is 17.0. The molecule has 0 spiro atoms. The van der Waals surface area contributed by atoms with Crippen LogP contribution in [0.4, 0.5) is 0 Å². The Balaban J connectivity index is 3.20. The molecule has 0 aromatic heterocycles. The van der Waals surface area contributed by atoms with Gasteiger partial charge in [-0.05, 0) is 23.7 Å². The van der Waals surface area contributed by atoms with Crippen molar-refractivity contribution in [3.63, 3.8) is 0 Å². The van der Waals surface area contributed by atoms with Crippen molar-refractivity contribution in [2.75, 3.05) is 34.0 Å². The molecule has 27 heavy (non-hydrogen) atoms. The molecule has 1 aromatic rings. The van der Waals surface area contributed by atoms with E-state index in [4.69, 9.17) is 4.74 Å². The average molecular weight is 427 g/mol. The summed E-state index contributed by atoms with van der Waals surface area (Å²) in [7, 11) is -5.79. The first-order valence-corrected chi connectivity index (χ1v) is 11.6. The number of ether oxygens (including phenoxy) is 1. The highest BCUT2D eigenvalue weighted by atomic mass is 31.2. The van der Waals surface area contributed by atoms with Gasteiger partial charge in [0.2, 0.25) is 0 Å². The van der Waals surface area contributed by atoms with Gasteiger partial charge in [-0.15, -0.1) is 0 Å². The zero-order chi connectivity index (χ0) is 20.9. The third-order valence-corrected chi connectivity index (χ3v) is 5.76. The average Bonchev–Trinajstić information content (AvgIpc) is 2.52. The van der Waals surface area contributed by atoms with Crippen LogP contribution in [-0.2, 0) is 32.7 Å². The van der Waals surface area contributed by atoms with Gasteiger partial charge < -0.3 is 34.5 Å². The summed E-state index contributed by atoms with van der Waals surface area (Å²) in [6.45, 7) is -0.490. The summed E-state index contributed by atoms with van der Waals surface area (Å²) in [6, 6.07) is 4.47. The summed E-state index contributed by atoms with van der Waals surface area (Å²) >= 11 is 0. The maximum atomic E-state index is 11.4. The number of aliphatic hydroxyl groups is 2. The highest BCUT2D eigenvalue weighted by molar-refractivity contribution is 7.51. The van der Waals surface area contributed by atoms with Crippen LogP contribution >= 0.6 is 15.2 Å². The fraction of sp³-hybridized carbons (Fsp3) is 0.600. The minimum Gasteiger partial charge on any atom is -0.394 e. The molecular formula is C15H27NO9P2. The van der Waals surface area contributed by atoms with Crippen LogP contribution in [0, 0.1) is 0 Å². The number of benzene rings is 1. The maximum absolute atomic E-state index is 11.4. The van der Waals surface area contributed by atoms with Gasteiger partial charge >= 0.3 is 15.2 Å². The molecule has 0 aliphatic carbocycles. The summed E-state index contributed by atoms with van der Waals surface area (Å²) in [5, 5.41) is 19.3. The minimum absolute atomic E-state index is 0.0577. The van der Waals surface area contributed by atoms with Gasteiger partial charge in [-0.2, -0.15) is 0 Å². The van der Waals surface area contributed by atoms with Gasteiger partial charge in [-0.3, -0.25) is 14.0 Å². The van der Waals surface area contributed by atoms with Crippen molar-refractivity contribution in [2.24, 2.45) is 0 Å².